The smallest absolute Gasteiger partial charge is 0.266 e. The normalized spacial score (nSPS) is 12.1. The minimum atomic E-state index is -2.63. The lowest BCUT2D eigenvalue weighted by Crippen LogP contribution is -2.10. The van der Waals surface area contributed by atoms with Gasteiger partial charge < -0.3 is 4.74 Å². The molecule has 214 valence electrons. The van der Waals surface area contributed by atoms with Crippen molar-refractivity contribution < 1.29 is 13.5 Å². The predicted octanol–water partition coefficient (Wildman–Crippen LogP) is 11.0. The summed E-state index contributed by atoms with van der Waals surface area (Å²) in [5, 5.41) is 0.226. The number of hydrogen-bond donors (Lipinski definition) is 0. The summed E-state index contributed by atoms with van der Waals surface area (Å²) < 4.78 is 29.9. The average Bonchev–Trinajstić information content (AvgIpc) is 2.85. The van der Waals surface area contributed by atoms with Gasteiger partial charge in [0.25, 0.3) is 5.92 Å². The second-order valence-corrected chi connectivity index (χ2v) is 10.7. The number of aromatic nitrogens is 2. The molecule has 0 fully saturated rings. The molecule has 0 unspecified atom stereocenters. The summed E-state index contributed by atoms with van der Waals surface area (Å²) in [5.41, 5.74) is 6.01. The number of nitrogens with zero attached hydrogens (tertiary/aromatic N) is 2. The number of halogens is 3. The third-order valence-electron chi connectivity index (χ3n) is 6.07. The first-order valence-electron chi connectivity index (χ1n) is 13.6. The van der Waals surface area contributed by atoms with Crippen LogP contribution >= 0.6 is 11.6 Å². The number of hydrogen-bond acceptors (Lipinski definition) is 3. The lowest BCUT2D eigenvalue weighted by molar-refractivity contribution is 0.0633. The summed E-state index contributed by atoms with van der Waals surface area (Å²) in [6.07, 6.45) is 7.31. The van der Waals surface area contributed by atoms with Crippen LogP contribution in [0.15, 0.2) is 42.0 Å². The van der Waals surface area contributed by atoms with Gasteiger partial charge >= 0.3 is 0 Å². The SMILES string of the molecule is C/C=C(\C)C(C)(F)F.CCC(C)C.CCCC=C(C)c1ccc(COc2cc(C(C)C)nc(Cl)n2)cc1C. The van der Waals surface area contributed by atoms with Gasteiger partial charge in [0.05, 0.1) is 5.69 Å². The topological polar surface area (TPSA) is 35.0 Å². The fraction of sp³-hybridized carbons (Fsp3) is 0.562. The molecule has 1 heterocycles. The van der Waals surface area contributed by atoms with E-state index < -0.39 is 5.92 Å². The molecule has 1 aromatic heterocycles. The molecule has 0 spiro atoms. The summed E-state index contributed by atoms with van der Waals surface area (Å²) in [5.74, 6) is -0.948. The number of aryl methyl sites for hydroxylation is 1. The van der Waals surface area contributed by atoms with Gasteiger partial charge in [-0.3, -0.25) is 0 Å². The molecule has 0 aliphatic heterocycles. The monoisotopic (exact) mass is 550 g/mol. The van der Waals surface area contributed by atoms with Crippen molar-refractivity contribution in [2.75, 3.05) is 0 Å². The summed E-state index contributed by atoms with van der Waals surface area (Å²) in [6, 6.07) is 8.31. The predicted molar refractivity (Wildman–Crippen MR) is 160 cm³/mol. The molecule has 0 bridgehead atoms. The van der Waals surface area contributed by atoms with Gasteiger partial charge in [0.2, 0.25) is 11.2 Å². The Balaban J connectivity index is 0.000000871. The Morgan fingerprint density at radius 2 is 1.68 bits per heavy atom. The van der Waals surface area contributed by atoms with Gasteiger partial charge in [0, 0.05) is 13.0 Å². The molecule has 0 N–H and O–H groups in total. The molecule has 1 aromatic carbocycles. The van der Waals surface area contributed by atoms with E-state index in [9.17, 15) is 8.78 Å². The lowest BCUT2D eigenvalue weighted by Gasteiger charge is -2.11. The van der Waals surface area contributed by atoms with E-state index in [2.05, 4.69) is 89.6 Å². The second kappa shape index (κ2) is 18.1. The zero-order valence-corrected chi connectivity index (χ0v) is 26.1. The minimum Gasteiger partial charge on any atom is -0.473 e. The molecule has 0 saturated carbocycles. The van der Waals surface area contributed by atoms with Gasteiger partial charge in [-0.05, 0) is 85.4 Å². The molecule has 0 atom stereocenters. The molecule has 2 rings (SSSR count). The number of benzene rings is 1. The van der Waals surface area contributed by atoms with Crippen LogP contribution in [0.4, 0.5) is 8.78 Å². The van der Waals surface area contributed by atoms with Crippen molar-refractivity contribution in [1.29, 1.82) is 0 Å². The molecule has 38 heavy (non-hydrogen) atoms. The third kappa shape index (κ3) is 14.6. The van der Waals surface area contributed by atoms with Crippen LogP contribution < -0.4 is 4.74 Å². The Bertz CT molecular complexity index is 1020. The van der Waals surface area contributed by atoms with E-state index in [-0.39, 0.29) is 16.8 Å². The van der Waals surface area contributed by atoms with Gasteiger partial charge in [-0.15, -0.1) is 0 Å². The lowest BCUT2D eigenvalue weighted by atomic mass is 9.98. The van der Waals surface area contributed by atoms with E-state index in [0.29, 0.717) is 12.5 Å². The van der Waals surface area contributed by atoms with Crippen molar-refractivity contribution >= 4 is 17.2 Å². The van der Waals surface area contributed by atoms with Gasteiger partial charge in [-0.1, -0.05) is 84.7 Å². The first-order valence-corrected chi connectivity index (χ1v) is 14.0. The minimum absolute atomic E-state index is 0.123. The molecular formula is C32H49ClF2N2O. The number of unbranched alkanes of at least 4 members (excludes halogenated alkanes) is 1. The molecule has 3 nitrogen and oxygen atoms in total. The van der Waals surface area contributed by atoms with Crippen molar-refractivity contribution in [2.45, 2.75) is 114 Å². The van der Waals surface area contributed by atoms with Crippen LogP contribution in [0.2, 0.25) is 5.28 Å². The maximum absolute atomic E-state index is 12.0. The molecule has 0 amide bonds. The third-order valence-corrected chi connectivity index (χ3v) is 6.24. The number of rotatable bonds is 9. The van der Waals surface area contributed by atoms with Crippen LogP contribution in [-0.2, 0) is 6.61 Å². The van der Waals surface area contributed by atoms with Gasteiger partial charge in [0.15, 0.2) is 0 Å². The first kappa shape index (κ1) is 35.7. The first-order chi connectivity index (χ1) is 17.7. The van der Waals surface area contributed by atoms with Crippen LogP contribution in [-0.4, -0.2) is 15.9 Å². The van der Waals surface area contributed by atoms with Crippen molar-refractivity contribution in [3.05, 3.63) is 69.7 Å². The van der Waals surface area contributed by atoms with E-state index in [1.807, 2.05) is 6.07 Å². The van der Waals surface area contributed by atoms with Gasteiger partial charge in [-0.25, -0.2) is 13.8 Å². The van der Waals surface area contributed by atoms with Gasteiger partial charge in [-0.2, -0.15) is 4.98 Å². The van der Waals surface area contributed by atoms with Crippen LogP contribution in [0.5, 0.6) is 5.88 Å². The molecule has 0 aliphatic carbocycles. The van der Waals surface area contributed by atoms with Crippen LogP contribution in [0.3, 0.4) is 0 Å². The molecule has 6 heteroatoms. The quantitative estimate of drug-likeness (QED) is 0.230. The van der Waals surface area contributed by atoms with E-state index in [1.54, 1.807) is 6.92 Å². The standard InChI is InChI=1S/C21H27ClN2O.C6H10F2.C5H12/c1-6-7-8-15(4)18-10-9-17(11-16(18)5)13-25-20-12-19(14(2)3)23-21(22)24-20;1-4-5(2)6(3,7)8;1-4-5(2)3/h8-12,14H,6-7,13H2,1-5H3;4H,1-3H3;5H,4H2,1-3H3/b;5-4+;. The Morgan fingerprint density at radius 1 is 1.08 bits per heavy atom. The Morgan fingerprint density at radius 3 is 2.11 bits per heavy atom. The number of alkyl halides is 2. The highest BCUT2D eigenvalue weighted by molar-refractivity contribution is 6.28. The van der Waals surface area contributed by atoms with E-state index in [4.69, 9.17) is 16.3 Å². The summed E-state index contributed by atoms with van der Waals surface area (Å²) in [7, 11) is 0. The van der Waals surface area contributed by atoms with Crippen LogP contribution in [0.25, 0.3) is 5.57 Å². The van der Waals surface area contributed by atoms with Gasteiger partial charge in [0.1, 0.15) is 6.61 Å². The second-order valence-electron chi connectivity index (χ2n) is 10.3. The highest BCUT2D eigenvalue weighted by Crippen LogP contribution is 2.23. The van der Waals surface area contributed by atoms with E-state index in [0.717, 1.165) is 30.5 Å². The molecule has 0 radical (unpaired) electrons. The van der Waals surface area contributed by atoms with Crippen molar-refractivity contribution in [2.24, 2.45) is 5.92 Å². The fourth-order valence-electron chi connectivity index (χ4n) is 2.92. The molecule has 0 aliphatic rings. The van der Waals surface area contributed by atoms with Crippen molar-refractivity contribution in [3.63, 3.8) is 0 Å². The highest BCUT2D eigenvalue weighted by Gasteiger charge is 2.22. The number of allylic oxidation sites excluding steroid dienone is 4. The van der Waals surface area contributed by atoms with E-state index in [1.165, 1.54) is 42.5 Å². The summed E-state index contributed by atoms with van der Waals surface area (Å²) in [6.45, 7) is 21.7. The summed E-state index contributed by atoms with van der Waals surface area (Å²) in [4.78, 5) is 8.38. The summed E-state index contributed by atoms with van der Waals surface area (Å²) >= 11 is 5.99. The van der Waals surface area contributed by atoms with E-state index >= 15 is 0 Å². The maximum atomic E-state index is 12.0. The zero-order chi connectivity index (χ0) is 29.5. The Labute approximate surface area is 235 Å². The largest absolute Gasteiger partial charge is 0.473 e. The maximum Gasteiger partial charge on any atom is 0.266 e. The van der Waals surface area contributed by atoms with Crippen LogP contribution in [0.1, 0.15) is 117 Å². The Hall–Kier alpha value is -2.27. The molecule has 2 aromatic rings. The Kier molecular flexibility index (Phi) is 17.0. The molecule has 0 saturated heterocycles. The zero-order valence-electron chi connectivity index (χ0n) is 25.4. The van der Waals surface area contributed by atoms with Crippen molar-refractivity contribution in [3.8, 4) is 5.88 Å². The van der Waals surface area contributed by atoms with Crippen molar-refractivity contribution in [1.82, 2.24) is 9.97 Å². The number of ether oxygens (including phenoxy) is 1. The highest BCUT2D eigenvalue weighted by atomic mass is 35.5. The van der Waals surface area contributed by atoms with Crippen LogP contribution in [0, 0.1) is 12.8 Å². The average molecular weight is 551 g/mol. The molecular weight excluding hydrogens is 502 g/mol. The fourth-order valence-corrected chi connectivity index (χ4v) is 3.10.